The Morgan fingerprint density at radius 1 is 1.07 bits per heavy atom. The van der Waals surface area contributed by atoms with Crippen LogP contribution >= 0.6 is 0 Å². The van der Waals surface area contributed by atoms with E-state index in [1.165, 1.54) is 49.7 Å². The first kappa shape index (κ1) is 9.26. The number of hydrogen-bond donors (Lipinski definition) is 1. The molecule has 3 rings (SSSR count). The summed E-state index contributed by atoms with van der Waals surface area (Å²) in [5.41, 5.74) is 2.69. The van der Waals surface area contributed by atoms with Crippen molar-refractivity contribution >= 4 is 0 Å². The zero-order chi connectivity index (χ0) is 10.3. The summed E-state index contributed by atoms with van der Waals surface area (Å²) in [6.07, 6.45) is 7.90. The summed E-state index contributed by atoms with van der Waals surface area (Å²) in [4.78, 5) is 0. The third-order valence-corrected chi connectivity index (χ3v) is 4.24. The van der Waals surface area contributed by atoms with Crippen molar-refractivity contribution in [2.45, 2.75) is 44.4 Å². The average Bonchev–Trinajstić information content (AvgIpc) is 2.29. The van der Waals surface area contributed by atoms with Gasteiger partial charge in [-0.1, -0.05) is 25.0 Å². The van der Waals surface area contributed by atoms with Gasteiger partial charge in [0.05, 0.1) is 0 Å². The van der Waals surface area contributed by atoms with Gasteiger partial charge in [-0.15, -0.1) is 0 Å². The Bertz CT molecular complexity index is 370. The first-order chi connectivity index (χ1) is 7.36. The summed E-state index contributed by atoms with van der Waals surface area (Å²) >= 11 is 0. The van der Waals surface area contributed by atoms with Gasteiger partial charge in [0.1, 0.15) is 5.75 Å². The lowest BCUT2D eigenvalue weighted by Gasteiger charge is -2.37. The Morgan fingerprint density at radius 2 is 1.93 bits per heavy atom. The third-order valence-electron chi connectivity index (χ3n) is 4.24. The standard InChI is InChI=1S/C14H18O/c15-13-7-3-5-11-9-8-10-4-1-2-6-12(10)14(11)13/h3,5,7,10,12,15H,1-2,4,6,8-9H2. The predicted molar refractivity (Wildman–Crippen MR) is 61.1 cm³/mol. The second kappa shape index (κ2) is 3.55. The van der Waals surface area contributed by atoms with Crippen LogP contribution < -0.4 is 0 Å². The number of aryl methyl sites for hydroxylation is 1. The van der Waals surface area contributed by atoms with Gasteiger partial charge < -0.3 is 5.11 Å². The minimum atomic E-state index is 0.545. The highest BCUT2D eigenvalue weighted by molar-refractivity contribution is 5.44. The van der Waals surface area contributed by atoms with Crippen LogP contribution in [0.3, 0.4) is 0 Å². The molecule has 1 N–H and O–H groups in total. The Morgan fingerprint density at radius 3 is 2.87 bits per heavy atom. The van der Waals surface area contributed by atoms with Gasteiger partial charge in [-0.2, -0.15) is 0 Å². The molecular weight excluding hydrogens is 184 g/mol. The zero-order valence-electron chi connectivity index (χ0n) is 9.08. The van der Waals surface area contributed by atoms with E-state index >= 15 is 0 Å². The fourth-order valence-electron chi connectivity index (χ4n) is 3.52. The van der Waals surface area contributed by atoms with Crippen molar-refractivity contribution in [3.8, 4) is 5.75 Å². The molecular formula is C14H18O. The highest BCUT2D eigenvalue weighted by Crippen LogP contribution is 2.47. The van der Waals surface area contributed by atoms with Crippen LogP contribution in [0.1, 0.15) is 49.1 Å². The second-order valence-corrected chi connectivity index (χ2v) is 5.04. The van der Waals surface area contributed by atoms with Crippen molar-refractivity contribution < 1.29 is 5.11 Å². The molecule has 2 atom stereocenters. The second-order valence-electron chi connectivity index (χ2n) is 5.04. The largest absolute Gasteiger partial charge is 0.508 e. The van der Waals surface area contributed by atoms with Crippen LogP contribution in [0, 0.1) is 5.92 Å². The van der Waals surface area contributed by atoms with Gasteiger partial charge in [0, 0.05) is 5.56 Å². The Hall–Kier alpha value is -0.980. The number of hydrogen-bond acceptors (Lipinski definition) is 1. The van der Waals surface area contributed by atoms with E-state index in [2.05, 4.69) is 6.07 Å². The summed E-state index contributed by atoms with van der Waals surface area (Å²) in [6, 6.07) is 6.03. The molecule has 0 aliphatic heterocycles. The molecule has 1 saturated carbocycles. The average molecular weight is 202 g/mol. The summed E-state index contributed by atoms with van der Waals surface area (Å²) in [5.74, 6) is 2.05. The van der Waals surface area contributed by atoms with Crippen molar-refractivity contribution in [1.29, 1.82) is 0 Å². The van der Waals surface area contributed by atoms with Crippen molar-refractivity contribution in [2.75, 3.05) is 0 Å². The molecule has 0 aromatic heterocycles. The molecule has 1 aromatic rings. The molecule has 2 aliphatic carbocycles. The first-order valence-electron chi connectivity index (χ1n) is 6.17. The fraction of sp³-hybridized carbons (Fsp3) is 0.571. The number of aromatic hydroxyl groups is 1. The van der Waals surface area contributed by atoms with Crippen LogP contribution in [-0.2, 0) is 6.42 Å². The molecule has 2 aliphatic rings. The molecule has 1 fully saturated rings. The van der Waals surface area contributed by atoms with Crippen molar-refractivity contribution in [1.82, 2.24) is 0 Å². The van der Waals surface area contributed by atoms with Crippen molar-refractivity contribution in [3.05, 3.63) is 29.3 Å². The molecule has 0 saturated heterocycles. The molecule has 0 amide bonds. The molecule has 0 bridgehead atoms. The molecule has 80 valence electrons. The van der Waals surface area contributed by atoms with E-state index in [1.807, 2.05) is 12.1 Å². The maximum Gasteiger partial charge on any atom is 0.119 e. The van der Waals surface area contributed by atoms with E-state index < -0.39 is 0 Å². The van der Waals surface area contributed by atoms with Gasteiger partial charge >= 0.3 is 0 Å². The van der Waals surface area contributed by atoms with Crippen LogP contribution in [0.2, 0.25) is 0 Å². The van der Waals surface area contributed by atoms with Crippen LogP contribution in [0.15, 0.2) is 18.2 Å². The lowest BCUT2D eigenvalue weighted by molar-refractivity contribution is 0.269. The Balaban J connectivity index is 2.05. The molecule has 1 nitrogen and oxygen atoms in total. The van der Waals surface area contributed by atoms with Crippen LogP contribution in [0.25, 0.3) is 0 Å². The lowest BCUT2D eigenvalue weighted by Crippen LogP contribution is -2.23. The Labute approximate surface area is 91.1 Å². The van der Waals surface area contributed by atoms with E-state index in [4.69, 9.17) is 0 Å². The van der Waals surface area contributed by atoms with Crippen LogP contribution in [0.4, 0.5) is 0 Å². The predicted octanol–water partition coefficient (Wildman–Crippen LogP) is 3.61. The monoisotopic (exact) mass is 202 g/mol. The number of phenolic OH excluding ortho intramolecular Hbond substituents is 1. The van der Waals surface area contributed by atoms with E-state index in [0.717, 1.165) is 5.92 Å². The minimum absolute atomic E-state index is 0.545. The summed E-state index contributed by atoms with van der Waals surface area (Å²) in [6.45, 7) is 0. The van der Waals surface area contributed by atoms with E-state index in [1.54, 1.807) is 0 Å². The molecule has 0 spiro atoms. The molecule has 0 radical (unpaired) electrons. The van der Waals surface area contributed by atoms with Gasteiger partial charge in [-0.05, 0) is 49.1 Å². The highest BCUT2D eigenvalue weighted by atomic mass is 16.3. The lowest BCUT2D eigenvalue weighted by atomic mass is 9.68. The van der Waals surface area contributed by atoms with E-state index in [-0.39, 0.29) is 0 Å². The SMILES string of the molecule is Oc1cccc2c1C1CCCCC1CC2. The summed E-state index contributed by atoms with van der Waals surface area (Å²) < 4.78 is 0. The number of phenols is 1. The maximum absolute atomic E-state index is 10.00. The highest BCUT2D eigenvalue weighted by Gasteiger charge is 2.32. The quantitative estimate of drug-likeness (QED) is 0.681. The van der Waals surface area contributed by atoms with Gasteiger partial charge in [0.2, 0.25) is 0 Å². The summed E-state index contributed by atoms with van der Waals surface area (Å²) in [7, 11) is 0. The molecule has 1 heteroatoms. The van der Waals surface area contributed by atoms with E-state index in [0.29, 0.717) is 11.7 Å². The van der Waals surface area contributed by atoms with Gasteiger partial charge in [-0.25, -0.2) is 0 Å². The number of benzene rings is 1. The maximum atomic E-state index is 10.00. The molecule has 15 heavy (non-hydrogen) atoms. The number of fused-ring (bicyclic) bond motifs is 3. The Kier molecular flexibility index (Phi) is 2.19. The molecule has 0 heterocycles. The topological polar surface area (TPSA) is 20.2 Å². The summed E-state index contributed by atoms with van der Waals surface area (Å²) in [5, 5.41) is 10.00. The molecule has 1 aromatic carbocycles. The fourth-order valence-corrected chi connectivity index (χ4v) is 3.52. The van der Waals surface area contributed by atoms with Gasteiger partial charge in [0.15, 0.2) is 0 Å². The molecule has 2 unspecified atom stereocenters. The number of rotatable bonds is 0. The van der Waals surface area contributed by atoms with Crippen LogP contribution in [-0.4, -0.2) is 5.11 Å². The minimum Gasteiger partial charge on any atom is -0.508 e. The zero-order valence-corrected chi connectivity index (χ0v) is 9.08. The first-order valence-corrected chi connectivity index (χ1v) is 6.17. The van der Waals surface area contributed by atoms with E-state index in [9.17, 15) is 5.11 Å². The van der Waals surface area contributed by atoms with Gasteiger partial charge in [-0.3, -0.25) is 0 Å². The van der Waals surface area contributed by atoms with Crippen molar-refractivity contribution in [3.63, 3.8) is 0 Å². The van der Waals surface area contributed by atoms with Crippen molar-refractivity contribution in [2.24, 2.45) is 5.92 Å². The third kappa shape index (κ3) is 1.45. The normalized spacial score (nSPS) is 29.3. The van der Waals surface area contributed by atoms with Gasteiger partial charge in [0.25, 0.3) is 0 Å². The smallest absolute Gasteiger partial charge is 0.119 e. The van der Waals surface area contributed by atoms with Crippen LogP contribution in [0.5, 0.6) is 5.75 Å².